The van der Waals surface area contributed by atoms with Gasteiger partial charge in [0, 0.05) is 26.7 Å². The van der Waals surface area contributed by atoms with Crippen molar-refractivity contribution in [1.29, 1.82) is 0 Å². The number of halogens is 2. The normalized spacial score (nSPS) is 11.4. The van der Waals surface area contributed by atoms with Gasteiger partial charge in [0.2, 0.25) is 5.91 Å². The molecule has 0 atom stereocenters. The highest BCUT2D eigenvalue weighted by molar-refractivity contribution is 5.84. The maximum Gasteiger partial charge on any atom is 0.243 e. The average molecular weight is 356 g/mol. The van der Waals surface area contributed by atoms with Gasteiger partial charge in [-0.2, -0.15) is 0 Å². The Bertz CT molecular complexity index is 592. The second kappa shape index (κ2) is 10.5. The minimum Gasteiger partial charge on any atom is -0.489 e. The number of hydrogen-bond acceptors (Lipinski definition) is 3. The van der Waals surface area contributed by atoms with Gasteiger partial charge in [0.05, 0.1) is 6.54 Å². The molecule has 8 heteroatoms. The van der Waals surface area contributed by atoms with E-state index in [-0.39, 0.29) is 24.8 Å². The average Bonchev–Trinajstić information content (AvgIpc) is 2.54. The Morgan fingerprint density at radius 2 is 2.00 bits per heavy atom. The molecule has 0 fully saturated rings. The maximum absolute atomic E-state index is 13.5. The van der Waals surface area contributed by atoms with Crippen molar-refractivity contribution >= 4 is 11.9 Å². The van der Waals surface area contributed by atoms with Crippen LogP contribution < -0.4 is 15.4 Å². The smallest absolute Gasteiger partial charge is 0.243 e. The minimum absolute atomic E-state index is 0.0142. The number of aliphatic imine (C=N–C) groups is 1. The number of guanidine groups is 1. The largest absolute Gasteiger partial charge is 0.489 e. The van der Waals surface area contributed by atoms with Crippen LogP contribution in [0.15, 0.2) is 23.2 Å². The van der Waals surface area contributed by atoms with E-state index in [4.69, 9.17) is 4.74 Å². The number of carbonyl (C=O) groups is 1. The molecule has 0 bridgehead atoms. The number of amides is 1. The summed E-state index contributed by atoms with van der Waals surface area (Å²) >= 11 is 0. The second-order valence-electron chi connectivity index (χ2n) is 6.08. The highest BCUT2D eigenvalue weighted by atomic mass is 19.1. The van der Waals surface area contributed by atoms with Crippen molar-refractivity contribution in [3.05, 3.63) is 29.8 Å². The molecule has 0 saturated heterocycles. The molecule has 0 aliphatic rings. The van der Waals surface area contributed by atoms with Crippen LogP contribution >= 0.6 is 0 Å². The Kier molecular flexibility index (Phi) is 8.66. The summed E-state index contributed by atoms with van der Waals surface area (Å²) in [4.78, 5) is 17.3. The van der Waals surface area contributed by atoms with Gasteiger partial charge in [0.15, 0.2) is 17.5 Å². The lowest BCUT2D eigenvalue weighted by molar-refractivity contribution is -0.127. The van der Waals surface area contributed by atoms with Crippen LogP contribution in [0.1, 0.15) is 13.8 Å². The van der Waals surface area contributed by atoms with Gasteiger partial charge < -0.3 is 20.3 Å². The zero-order valence-corrected chi connectivity index (χ0v) is 15.1. The van der Waals surface area contributed by atoms with Crippen LogP contribution in [0.5, 0.6) is 5.75 Å². The van der Waals surface area contributed by atoms with Crippen molar-refractivity contribution in [2.45, 2.75) is 13.8 Å². The topological polar surface area (TPSA) is 66.0 Å². The first-order valence-electron chi connectivity index (χ1n) is 8.09. The van der Waals surface area contributed by atoms with Gasteiger partial charge in [-0.15, -0.1) is 0 Å². The van der Waals surface area contributed by atoms with Gasteiger partial charge in [0.25, 0.3) is 0 Å². The van der Waals surface area contributed by atoms with Gasteiger partial charge >= 0.3 is 0 Å². The first kappa shape index (κ1) is 20.7. The van der Waals surface area contributed by atoms with E-state index in [0.29, 0.717) is 25.0 Å². The van der Waals surface area contributed by atoms with Gasteiger partial charge in [-0.25, -0.2) is 13.8 Å². The van der Waals surface area contributed by atoms with Crippen LogP contribution in [-0.2, 0) is 4.79 Å². The van der Waals surface area contributed by atoms with Crippen molar-refractivity contribution in [2.75, 3.05) is 40.3 Å². The molecule has 1 amide bonds. The van der Waals surface area contributed by atoms with E-state index in [9.17, 15) is 13.6 Å². The molecule has 1 rings (SSSR count). The number of benzene rings is 1. The molecule has 6 nitrogen and oxygen atoms in total. The second-order valence-corrected chi connectivity index (χ2v) is 6.08. The van der Waals surface area contributed by atoms with E-state index in [1.54, 1.807) is 14.1 Å². The maximum atomic E-state index is 13.5. The van der Waals surface area contributed by atoms with Crippen LogP contribution in [0.3, 0.4) is 0 Å². The molecule has 0 aliphatic heterocycles. The molecule has 140 valence electrons. The third-order valence-corrected chi connectivity index (χ3v) is 3.09. The van der Waals surface area contributed by atoms with Crippen molar-refractivity contribution in [3.63, 3.8) is 0 Å². The molecular weight excluding hydrogens is 330 g/mol. The fraction of sp³-hybridized carbons (Fsp3) is 0.529. The van der Waals surface area contributed by atoms with Crippen LogP contribution in [-0.4, -0.2) is 57.1 Å². The summed E-state index contributed by atoms with van der Waals surface area (Å²) in [6.45, 7) is 5.32. The number of rotatable bonds is 8. The lowest BCUT2D eigenvalue weighted by Crippen LogP contribution is -2.41. The molecule has 0 aromatic heterocycles. The summed E-state index contributed by atoms with van der Waals surface area (Å²) < 4.78 is 31.6. The Labute approximate surface area is 147 Å². The number of carbonyl (C=O) groups excluding carboxylic acids is 1. The van der Waals surface area contributed by atoms with Crippen LogP contribution in [0.4, 0.5) is 8.78 Å². The third kappa shape index (κ3) is 8.32. The highest BCUT2D eigenvalue weighted by Gasteiger charge is 2.07. The van der Waals surface area contributed by atoms with Gasteiger partial charge in [-0.05, 0) is 18.1 Å². The first-order chi connectivity index (χ1) is 11.8. The fourth-order valence-electron chi connectivity index (χ4n) is 1.69. The summed E-state index contributed by atoms with van der Waals surface area (Å²) in [5.41, 5.74) is 0. The number of likely N-dealkylation sites (N-methyl/N-ethyl adjacent to an activating group) is 1. The molecule has 0 unspecified atom stereocenters. The first-order valence-corrected chi connectivity index (χ1v) is 8.09. The predicted molar refractivity (Wildman–Crippen MR) is 93.7 cm³/mol. The summed E-state index contributed by atoms with van der Waals surface area (Å²) in [5.74, 6) is -0.646. The molecule has 0 saturated carbocycles. The monoisotopic (exact) mass is 356 g/mol. The number of nitrogens with zero attached hydrogens (tertiary/aromatic N) is 2. The van der Waals surface area contributed by atoms with Gasteiger partial charge in [0.1, 0.15) is 19.0 Å². The van der Waals surface area contributed by atoms with Crippen molar-refractivity contribution in [3.8, 4) is 5.75 Å². The lowest BCUT2D eigenvalue weighted by atomic mass is 10.2. The van der Waals surface area contributed by atoms with E-state index < -0.39 is 11.6 Å². The standard InChI is InChI=1S/C17H26F2N4O2/c1-12(2)10-21-17(22-11-16(24)23(3)4)20-7-8-25-15-6-5-13(18)9-14(15)19/h5-6,9,12H,7-8,10-11H2,1-4H3,(H2,20,21,22). The number of nitrogens with one attached hydrogen (secondary N) is 2. The Morgan fingerprint density at radius 3 is 2.60 bits per heavy atom. The molecule has 0 aliphatic carbocycles. The molecular formula is C17H26F2N4O2. The SMILES string of the molecule is CC(C)CNC(=NCC(=O)N(C)C)NCCOc1ccc(F)cc1F. The summed E-state index contributed by atoms with van der Waals surface area (Å²) in [7, 11) is 3.33. The van der Waals surface area contributed by atoms with Crippen LogP contribution in [0.2, 0.25) is 0 Å². The molecule has 25 heavy (non-hydrogen) atoms. The quantitative estimate of drug-likeness (QED) is 0.422. The van der Waals surface area contributed by atoms with Crippen LogP contribution in [0.25, 0.3) is 0 Å². The summed E-state index contributed by atoms with van der Waals surface area (Å²) in [6.07, 6.45) is 0. The summed E-state index contributed by atoms with van der Waals surface area (Å²) in [5, 5.41) is 6.14. The molecule has 0 spiro atoms. The molecule has 0 heterocycles. The van der Waals surface area contributed by atoms with E-state index in [1.807, 2.05) is 0 Å². The minimum atomic E-state index is -0.747. The summed E-state index contributed by atoms with van der Waals surface area (Å²) in [6, 6.07) is 3.15. The van der Waals surface area contributed by atoms with Crippen molar-refractivity contribution in [1.82, 2.24) is 15.5 Å². The number of hydrogen-bond donors (Lipinski definition) is 2. The predicted octanol–water partition coefficient (Wildman–Crippen LogP) is 1.62. The van der Waals surface area contributed by atoms with Gasteiger partial charge in [-0.1, -0.05) is 13.8 Å². The van der Waals surface area contributed by atoms with E-state index in [0.717, 1.165) is 12.1 Å². The van der Waals surface area contributed by atoms with E-state index >= 15 is 0 Å². The fourth-order valence-corrected chi connectivity index (χ4v) is 1.69. The van der Waals surface area contributed by atoms with Crippen molar-refractivity contribution in [2.24, 2.45) is 10.9 Å². The molecule has 0 radical (unpaired) electrons. The molecule has 2 N–H and O–H groups in total. The van der Waals surface area contributed by atoms with Crippen molar-refractivity contribution < 1.29 is 18.3 Å². The zero-order chi connectivity index (χ0) is 18.8. The van der Waals surface area contributed by atoms with E-state index in [1.165, 1.54) is 11.0 Å². The lowest BCUT2D eigenvalue weighted by Gasteiger charge is -2.15. The molecule has 1 aromatic carbocycles. The Morgan fingerprint density at radius 1 is 1.28 bits per heavy atom. The third-order valence-electron chi connectivity index (χ3n) is 3.09. The van der Waals surface area contributed by atoms with Crippen LogP contribution in [0, 0.1) is 17.6 Å². The molecule has 1 aromatic rings. The Hall–Kier alpha value is -2.38. The highest BCUT2D eigenvalue weighted by Crippen LogP contribution is 2.17. The Balaban J connectivity index is 2.50. The van der Waals surface area contributed by atoms with E-state index in [2.05, 4.69) is 29.5 Å². The zero-order valence-electron chi connectivity index (χ0n) is 15.1. The van der Waals surface area contributed by atoms with Gasteiger partial charge in [-0.3, -0.25) is 4.79 Å². The number of ether oxygens (including phenoxy) is 1.